The summed E-state index contributed by atoms with van der Waals surface area (Å²) in [4.78, 5) is 2.16. The standard InChI is InChI=1S/C16H19NO2/c1-12(13-8-10-14(18)11-9-13)17(2)15-6-4-5-7-16(15)19-3/h4-12,18H,1-3H3. The maximum absolute atomic E-state index is 9.34. The molecule has 19 heavy (non-hydrogen) atoms. The Kier molecular flexibility index (Phi) is 3.95. The van der Waals surface area contributed by atoms with Gasteiger partial charge in [-0.3, -0.25) is 0 Å². The van der Waals surface area contributed by atoms with E-state index in [1.807, 2.05) is 43.4 Å². The maximum atomic E-state index is 9.34. The summed E-state index contributed by atoms with van der Waals surface area (Å²) in [6, 6.07) is 15.4. The van der Waals surface area contributed by atoms with Crippen molar-refractivity contribution in [2.24, 2.45) is 0 Å². The van der Waals surface area contributed by atoms with Crippen LogP contribution in [0.2, 0.25) is 0 Å². The first kappa shape index (κ1) is 13.3. The van der Waals surface area contributed by atoms with Crippen LogP contribution in [0.1, 0.15) is 18.5 Å². The van der Waals surface area contributed by atoms with Gasteiger partial charge in [-0.15, -0.1) is 0 Å². The number of nitrogens with zero attached hydrogens (tertiary/aromatic N) is 1. The van der Waals surface area contributed by atoms with Crippen LogP contribution in [-0.4, -0.2) is 19.3 Å². The largest absolute Gasteiger partial charge is 0.508 e. The molecule has 1 unspecified atom stereocenters. The number of anilines is 1. The van der Waals surface area contributed by atoms with Crippen LogP contribution in [-0.2, 0) is 0 Å². The van der Waals surface area contributed by atoms with E-state index in [-0.39, 0.29) is 11.8 Å². The molecule has 0 radical (unpaired) electrons. The van der Waals surface area contributed by atoms with Crippen molar-refractivity contribution in [3.63, 3.8) is 0 Å². The topological polar surface area (TPSA) is 32.7 Å². The van der Waals surface area contributed by atoms with Crippen LogP contribution in [0.3, 0.4) is 0 Å². The minimum atomic E-state index is 0.192. The summed E-state index contributed by atoms with van der Waals surface area (Å²) in [5, 5.41) is 9.34. The number of para-hydroxylation sites is 2. The highest BCUT2D eigenvalue weighted by Crippen LogP contribution is 2.32. The number of hydrogen-bond donors (Lipinski definition) is 1. The van der Waals surface area contributed by atoms with Crippen molar-refractivity contribution in [2.75, 3.05) is 19.1 Å². The van der Waals surface area contributed by atoms with Crippen LogP contribution < -0.4 is 9.64 Å². The lowest BCUT2D eigenvalue weighted by Crippen LogP contribution is -2.22. The van der Waals surface area contributed by atoms with Gasteiger partial charge in [0.15, 0.2) is 0 Å². The summed E-state index contributed by atoms with van der Waals surface area (Å²) >= 11 is 0. The second-order valence-corrected chi connectivity index (χ2v) is 4.55. The molecule has 0 saturated heterocycles. The average molecular weight is 257 g/mol. The number of ether oxygens (including phenoxy) is 1. The second-order valence-electron chi connectivity index (χ2n) is 4.55. The van der Waals surface area contributed by atoms with E-state index in [4.69, 9.17) is 4.74 Å². The number of phenols is 1. The fraction of sp³-hybridized carbons (Fsp3) is 0.250. The monoisotopic (exact) mass is 257 g/mol. The molecule has 3 nitrogen and oxygen atoms in total. The van der Waals surface area contributed by atoms with E-state index in [1.165, 1.54) is 0 Å². The van der Waals surface area contributed by atoms with Gasteiger partial charge < -0.3 is 14.7 Å². The average Bonchev–Trinajstić information content (AvgIpc) is 2.46. The first-order valence-electron chi connectivity index (χ1n) is 6.28. The third kappa shape index (κ3) is 2.81. The van der Waals surface area contributed by atoms with Crippen LogP contribution in [0.4, 0.5) is 5.69 Å². The molecule has 0 spiro atoms. The first-order valence-corrected chi connectivity index (χ1v) is 6.28. The van der Waals surface area contributed by atoms with Gasteiger partial charge in [-0.05, 0) is 36.8 Å². The molecule has 0 heterocycles. The van der Waals surface area contributed by atoms with Crippen molar-refractivity contribution in [3.8, 4) is 11.5 Å². The molecule has 0 aliphatic rings. The molecular formula is C16H19NO2. The van der Waals surface area contributed by atoms with E-state index in [0.717, 1.165) is 17.0 Å². The highest BCUT2D eigenvalue weighted by atomic mass is 16.5. The molecular weight excluding hydrogens is 238 g/mol. The minimum absolute atomic E-state index is 0.192. The van der Waals surface area contributed by atoms with Crippen LogP contribution in [0, 0.1) is 0 Å². The molecule has 0 fully saturated rings. The second kappa shape index (κ2) is 5.65. The Hall–Kier alpha value is -2.16. The maximum Gasteiger partial charge on any atom is 0.142 e. The Labute approximate surface area is 114 Å². The zero-order valence-corrected chi connectivity index (χ0v) is 11.5. The third-order valence-electron chi connectivity index (χ3n) is 3.42. The Bertz CT molecular complexity index is 537. The van der Waals surface area contributed by atoms with E-state index >= 15 is 0 Å². The number of benzene rings is 2. The lowest BCUT2D eigenvalue weighted by atomic mass is 10.1. The van der Waals surface area contributed by atoms with E-state index in [2.05, 4.69) is 11.8 Å². The number of aromatic hydroxyl groups is 1. The van der Waals surface area contributed by atoms with Crippen molar-refractivity contribution >= 4 is 5.69 Å². The smallest absolute Gasteiger partial charge is 0.142 e. The number of methoxy groups -OCH3 is 1. The van der Waals surface area contributed by atoms with Crippen molar-refractivity contribution in [1.29, 1.82) is 0 Å². The normalized spacial score (nSPS) is 11.9. The van der Waals surface area contributed by atoms with Gasteiger partial charge in [0.25, 0.3) is 0 Å². The molecule has 0 aliphatic carbocycles. The van der Waals surface area contributed by atoms with Crippen molar-refractivity contribution in [1.82, 2.24) is 0 Å². The summed E-state index contributed by atoms with van der Waals surface area (Å²) in [5.74, 6) is 1.14. The third-order valence-corrected chi connectivity index (χ3v) is 3.42. The van der Waals surface area contributed by atoms with Crippen molar-refractivity contribution in [3.05, 3.63) is 54.1 Å². The number of hydrogen-bond acceptors (Lipinski definition) is 3. The quantitative estimate of drug-likeness (QED) is 0.908. The SMILES string of the molecule is COc1ccccc1N(C)C(C)c1ccc(O)cc1. The Morgan fingerprint density at radius 1 is 1.05 bits per heavy atom. The van der Waals surface area contributed by atoms with E-state index < -0.39 is 0 Å². The molecule has 2 rings (SSSR count). The zero-order chi connectivity index (χ0) is 13.8. The fourth-order valence-electron chi connectivity index (χ4n) is 2.11. The van der Waals surface area contributed by atoms with Gasteiger partial charge >= 0.3 is 0 Å². The molecule has 3 heteroatoms. The van der Waals surface area contributed by atoms with Gasteiger partial charge in [0, 0.05) is 7.05 Å². The fourth-order valence-corrected chi connectivity index (χ4v) is 2.11. The summed E-state index contributed by atoms with van der Waals surface area (Å²) in [6.07, 6.45) is 0. The van der Waals surface area contributed by atoms with Gasteiger partial charge in [-0.1, -0.05) is 24.3 Å². The number of phenolic OH excluding ortho intramolecular Hbond substituents is 1. The number of rotatable bonds is 4. The van der Waals surface area contributed by atoms with E-state index in [9.17, 15) is 5.11 Å². The molecule has 0 bridgehead atoms. The van der Waals surface area contributed by atoms with Crippen LogP contribution in [0.5, 0.6) is 11.5 Å². The van der Waals surface area contributed by atoms with Gasteiger partial charge in [0.05, 0.1) is 18.8 Å². The Morgan fingerprint density at radius 3 is 2.32 bits per heavy atom. The molecule has 100 valence electrons. The molecule has 0 aliphatic heterocycles. The molecule has 1 N–H and O–H groups in total. The summed E-state index contributed by atoms with van der Waals surface area (Å²) in [5.41, 5.74) is 2.19. The molecule has 2 aromatic carbocycles. The van der Waals surface area contributed by atoms with Crippen LogP contribution >= 0.6 is 0 Å². The van der Waals surface area contributed by atoms with Crippen LogP contribution in [0.15, 0.2) is 48.5 Å². The Balaban J connectivity index is 2.28. The van der Waals surface area contributed by atoms with Gasteiger partial charge in [0.1, 0.15) is 11.5 Å². The van der Waals surface area contributed by atoms with E-state index in [1.54, 1.807) is 19.2 Å². The van der Waals surface area contributed by atoms with Crippen molar-refractivity contribution in [2.45, 2.75) is 13.0 Å². The van der Waals surface area contributed by atoms with Crippen LogP contribution in [0.25, 0.3) is 0 Å². The molecule has 0 saturated carbocycles. The van der Waals surface area contributed by atoms with Crippen molar-refractivity contribution < 1.29 is 9.84 Å². The highest BCUT2D eigenvalue weighted by Gasteiger charge is 2.15. The molecule has 2 aromatic rings. The summed E-state index contributed by atoms with van der Waals surface area (Å²) in [6.45, 7) is 2.12. The van der Waals surface area contributed by atoms with Gasteiger partial charge in [-0.25, -0.2) is 0 Å². The lowest BCUT2D eigenvalue weighted by molar-refractivity contribution is 0.414. The van der Waals surface area contributed by atoms with E-state index in [0.29, 0.717) is 0 Å². The first-order chi connectivity index (χ1) is 9.13. The molecule has 0 aromatic heterocycles. The predicted molar refractivity (Wildman–Crippen MR) is 77.9 cm³/mol. The van der Waals surface area contributed by atoms with Gasteiger partial charge in [-0.2, -0.15) is 0 Å². The Morgan fingerprint density at radius 2 is 1.68 bits per heavy atom. The predicted octanol–water partition coefficient (Wildman–Crippen LogP) is 3.60. The summed E-state index contributed by atoms with van der Waals surface area (Å²) in [7, 11) is 3.72. The lowest BCUT2D eigenvalue weighted by Gasteiger charge is -2.28. The highest BCUT2D eigenvalue weighted by molar-refractivity contribution is 5.59. The molecule has 1 atom stereocenters. The summed E-state index contributed by atoms with van der Waals surface area (Å²) < 4.78 is 5.39. The van der Waals surface area contributed by atoms with Gasteiger partial charge in [0.2, 0.25) is 0 Å². The minimum Gasteiger partial charge on any atom is -0.508 e. The molecule has 0 amide bonds. The zero-order valence-electron chi connectivity index (χ0n) is 11.5.